The predicted molar refractivity (Wildman–Crippen MR) is 68.0 cm³/mol. The molecule has 3 rings (SSSR count). The summed E-state index contributed by atoms with van der Waals surface area (Å²) in [7, 11) is 0. The summed E-state index contributed by atoms with van der Waals surface area (Å²) in [5.74, 6) is 0.560. The van der Waals surface area contributed by atoms with Crippen molar-refractivity contribution in [3.05, 3.63) is 47.9 Å². The number of benzene rings is 1. The van der Waals surface area contributed by atoms with Gasteiger partial charge in [0.1, 0.15) is 5.52 Å². The third-order valence-corrected chi connectivity index (χ3v) is 2.87. The summed E-state index contributed by atoms with van der Waals surface area (Å²) in [6.07, 6.45) is 4.02. The first-order chi connectivity index (χ1) is 8.72. The highest BCUT2D eigenvalue weighted by atomic mass is 16.3. The number of aromatic nitrogens is 3. The number of fused-ring (bicyclic) bond motifs is 1. The Labute approximate surface area is 104 Å². The van der Waals surface area contributed by atoms with Crippen LogP contribution in [0.4, 0.5) is 0 Å². The minimum Gasteiger partial charge on any atom is -0.439 e. The van der Waals surface area contributed by atoms with Crippen LogP contribution in [-0.2, 0) is 6.42 Å². The van der Waals surface area contributed by atoms with Crippen molar-refractivity contribution in [2.45, 2.75) is 19.4 Å². The van der Waals surface area contributed by atoms with Gasteiger partial charge < -0.3 is 15.1 Å². The standard InChI is InChI=1S/C13H14N4O/c1-8-2-3-11-12(4-8)18-13(17-11)10(14)5-9-6-15-7-16-9/h2-4,6-7,10H,5,14H2,1H3,(H,15,16). The molecule has 0 saturated heterocycles. The summed E-state index contributed by atoms with van der Waals surface area (Å²) in [4.78, 5) is 11.4. The van der Waals surface area contributed by atoms with Crippen LogP contribution in [0.1, 0.15) is 23.2 Å². The van der Waals surface area contributed by atoms with E-state index in [0.717, 1.165) is 22.4 Å². The van der Waals surface area contributed by atoms with E-state index in [1.807, 2.05) is 25.1 Å². The van der Waals surface area contributed by atoms with Gasteiger partial charge in [0.15, 0.2) is 5.58 Å². The number of rotatable bonds is 3. The average Bonchev–Trinajstić information content (AvgIpc) is 2.96. The number of hydrogen-bond acceptors (Lipinski definition) is 4. The number of aromatic amines is 1. The SMILES string of the molecule is Cc1ccc2nc(C(N)Cc3cnc[nH]3)oc2c1. The van der Waals surface area contributed by atoms with E-state index in [1.54, 1.807) is 12.5 Å². The van der Waals surface area contributed by atoms with E-state index in [4.69, 9.17) is 10.2 Å². The van der Waals surface area contributed by atoms with E-state index in [2.05, 4.69) is 15.0 Å². The maximum Gasteiger partial charge on any atom is 0.212 e. The second kappa shape index (κ2) is 4.27. The summed E-state index contributed by atoms with van der Waals surface area (Å²) in [5.41, 5.74) is 9.83. The van der Waals surface area contributed by atoms with Crippen molar-refractivity contribution in [1.29, 1.82) is 0 Å². The molecule has 0 spiro atoms. The van der Waals surface area contributed by atoms with Crippen LogP contribution in [-0.4, -0.2) is 15.0 Å². The van der Waals surface area contributed by atoms with Gasteiger partial charge in [-0.3, -0.25) is 0 Å². The van der Waals surface area contributed by atoms with E-state index >= 15 is 0 Å². The minimum absolute atomic E-state index is 0.266. The molecule has 3 aromatic rings. The Morgan fingerprint density at radius 1 is 1.44 bits per heavy atom. The van der Waals surface area contributed by atoms with E-state index in [9.17, 15) is 0 Å². The van der Waals surface area contributed by atoms with Crippen LogP contribution in [0.15, 0.2) is 35.1 Å². The number of H-pyrrole nitrogens is 1. The van der Waals surface area contributed by atoms with Gasteiger partial charge in [-0.05, 0) is 24.6 Å². The van der Waals surface area contributed by atoms with E-state index in [-0.39, 0.29) is 6.04 Å². The molecule has 0 aliphatic carbocycles. The summed E-state index contributed by atoms with van der Waals surface area (Å²) in [5, 5.41) is 0. The fraction of sp³-hybridized carbons (Fsp3) is 0.231. The van der Waals surface area contributed by atoms with Gasteiger partial charge in [0.2, 0.25) is 5.89 Å². The first kappa shape index (κ1) is 11.0. The molecule has 1 aromatic carbocycles. The average molecular weight is 242 g/mol. The highest BCUT2D eigenvalue weighted by Gasteiger charge is 2.15. The first-order valence-electron chi connectivity index (χ1n) is 5.82. The zero-order valence-corrected chi connectivity index (χ0v) is 10.1. The number of oxazole rings is 1. The zero-order chi connectivity index (χ0) is 12.5. The van der Waals surface area contributed by atoms with E-state index in [0.29, 0.717) is 12.3 Å². The third-order valence-electron chi connectivity index (χ3n) is 2.87. The molecule has 5 nitrogen and oxygen atoms in total. The molecule has 3 N–H and O–H groups in total. The van der Waals surface area contributed by atoms with Crippen LogP contribution in [0.3, 0.4) is 0 Å². The Bertz CT molecular complexity index is 657. The van der Waals surface area contributed by atoms with Crippen molar-refractivity contribution in [2.75, 3.05) is 0 Å². The molecule has 0 saturated carbocycles. The predicted octanol–water partition coefficient (Wildman–Crippen LogP) is 2.10. The molecule has 0 aliphatic rings. The van der Waals surface area contributed by atoms with Crippen LogP contribution in [0.2, 0.25) is 0 Å². The van der Waals surface area contributed by atoms with Gasteiger partial charge in [-0.1, -0.05) is 6.07 Å². The number of nitrogens with two attached hydrogens (primary N) is 1. The molecule has 0 bridgehead atoms. The Hall–Kier alpha value is -2.14. The normalized spacial score (nSPS) is 13.0. The smallest absolute Gasteiger partial charge is 0.212 e. The molecule has 0 amide bonds. The summed E-state index contributed by atoms with van der Waals surface area (Å²) >= 11 is 0. The van der Waals surface area contributed by atoms with Gasteiger partial charge >= 0.3 is 0 Å². The number of imidazole rings is 1. The lowest BCUT2D eigenvalue weighted by Crippen LogP contribution is -2.13. The maximum atomic E-state index is 6.08. The lowest BCUT2D eigenvalue weighted by atomic mass is 10.2. The molecule has 2 aromatic heterocycles. The molecule has 1 atom stereocenters. The molecule has 1 unspecified atom stereocenters. The van der Waals surface area contributed by atoms with Crippen molar-refractivity contribution < 1.29 is 4.42 Å². The summed E-state index contributed by atoms with van der Waals surface area (Å²) < 4.78 is 5.69. The highest BCUT2D eigenvalue weighted by Crippen LogP contribution is 2.21. The Balaban J connectivity index is 1.89. The van der Waals surface area contributed by atoms with Gasteiger partial charge in [-0.15, -0.1) is 0 Å². The van der Waals surface area contributed by atoms with Gasteiger partial charge in [0.25, 0.3) is 0 Å². The van der Waals surface area contributed by atoms with E-state index < -0.39 is 0 Å². The Kier molecular flexibility index (Phi) is 2.60. The van der Waals surface area contributed by atoms with Crippen LogP contribution >= 0.6 is 0 Å². The number of nitrogens with zero attached hydrogens (tertiary/aromatic N) is 2. The lowest BCUT2D eigenvalue weighted by Gasteiger charge is -2.04. The number of aryl methyl sites for hydroxylation is 1. The maximum absolute atomic E-state index is 6.08. The van der Waals surface area contributed by atoms with Crippen molar-refractivity contribution in [3.63, 3.8) is 0 Å². The number of hydrogen-bond donors (Lipinski definition) is 2. The number of nitrogens with one attached hydrogen (secondary N) is 1. The van der Waals surface area contributed by atoms with Gasteiger partial charge in [-0.2, -0.15) is 0 Å². The second-order valence-electron chi connectivity index (χ2n) is 4.41. The minimum atomic E-state index is -0.266. The van der Waals surface area contributed by atoms with E-state index in [1.165, 1.54) is 0 Å². The van der Waals surface area contributed by atoms with Crippen molar-refractivity contribution in [3.8, 4) is 0 Å². The zero-order valence-electron chi connectivity index (χ0n) is 10.1. The van der Waals surface area contributed by atoms with Crippen LogP contribution in [0.5, 0.6) is 0 Å². The molecular weight excluding hydrogens is 228 g/mol. The van der Waals surface area contributed by atoms with Crippen molar-refractivity contribution >= 4 is 11.1 Å². The largest absolute Gasteiger partial charge is 0.439 e. The van der Waals surface area contributed by atoms with Crippen molar-refractivity contribution in [1.82, 2.24) is 15.0 Å². The van der Waals surface area contributed by atoms with Gasteiger partial charge in [-0.25, -0.2) is 9.97 Å². The molecule has 18 heavy (non-hydrogen) atoms. The molecular formula is C13H14N4O. The Morgan fingerprint density at radius 2 is 2.33 bits per heavy atom. The van der Waals surface area contributed by atoms with Crippen LogP contribution in [0, 0.1) is 6.92 Å². The topological polar surface area (TPSA) is 80.7 Å². The van der Waals surface area contributed by atoms with Crippen LogP contribution in [0.25, 0.3) is 11.1 Å². The lowest BCUT2D eigenvalue weighted by molar-refractivity contribution is 0.472. The second-order valence-corrected chi connectivity index (χ2v) is 4.41. The molecule has 0 aliphatic heterocycles. The molecule has 0 fully saturated rings. The fourth-order valence-electron chi connectivity index (χ4n) is 1.93. The Morgan fingerprint density at radius 3 is 3.11 bits per heavy atom. The first-order valence-corrected chi connectivity index (χ1v) is 5.82. The highest BCUT2D eigenvalue weighted by molar-refractivity contribution is 5.73. The van der Waals surface area contributed by atoms with Crippen LogP contribution < -0.4 is 5.73 Å². The molecule has 2 heterocycles. The monoisotopic (exact) mass is 242 g/mol. The van der Waals surface area contributed by atoms with Gasteiger partial charge in [0.05, 0.1) is 12.4 Å². The van der Waals surface area contributed by atoms with Crippen molar-refractivity contribution in [2.24, 2.45) is 5.73 Å². The molecule has 0 radical (unpaired) electrons. The molecule has 5 heteroatoms. The fourth-order valence-corrected chi connectivity index (χ4v) is 1.93. The summed E-state index contributed by atoms with van der Waals surface area (Å²) in [6.45, 7) is 2.02. The van der Waals surface area contributed by atoms with Gasteiger partial charge in [0, 0.05) is 18.3 Å². The third kappa shape index (κ3) is 2.00. The molecule has 92 valence electrons. The summed E-state index contributed by atoms with van der Waals surface area (Å²) in [6, 6.07) is 5.66. The quantitative estimate of drug-likeness (QED) is 0.737.